The van der Waals surface area contributed by atoms with Crippen molar-refractivity contribution >= 4 is 5.91 Å². The quantitative estimate of drug-likeness (QED) is 0.0314. The second-order valence-corrected chi connectivity index (χ2v) is 14.1. The fourth-order valence-electron chi connectivity index (χ4n) is 6.09. The molecule has 0 aliphatic carbocycles. The highest BCUT2D eigenvalue weighted by Crippen LogP contribution is 2.22. The van der Waals surface area contributed by atoms with E-state index in [-0.39, 0.29) is 12.5 Å². The number of allylic oxidation sites excluding steroid dienone is 5. The second-order valence-electron chi connectivity index (χ2n) is 14.1. The van der Waals surface area contributed by atoms with Gasteiger partial charge in [0.05, 0.1) is 25.4 Å². The van der Waals surface area contributed by atoms with Crippen molar-refractivity contribution in [3.8, 4) is 0 Å². The van der Waals surface area contributed by atoms with Crippen LogP contribution in [0.3, 0.4) is 0 Å². The van der Waals surface area contributed by atoms with Crippen LogP contribution >= 0.6 is 0 Å². The van der Waals surface area contributed by atoms with E-state index in [1.807, 2.05) is 6.08 Å². The van der Waals surface area contributed by atoms with Crippen LogP contribution in [-0.4, -0.2) is 87.5 Å². The van der Waals surface area contributed by atoms with Crippen LogP contribution in [-0.2, 0) is 14.3 Å². The molecule has 9 heteroatoms. The molecule has 0 aromatic heterocycles. The number of unbranched alkanes of at least 4 members (excludes halogenated alkanes) is 18. The summed E-state index contributed by atoms with van der Waals surface area (Å²) in [5.74, 6) is -0.195. The van der Waals surface area contributed by atoms with Gasteiger partial charge in [0, 0.05) is 6.42 Å². The second kappa shape index (κ2) is 32.1. The van der Waals surface area contributed by atoms with Crippen molar-refractivity contribution in [2.75, 3.05) is 13.2 Å². The van der Waals surface area contributed by atoms with Gasteiger partial charge < -0.3 is 40.3 Å². The summed E-state index contributed by atoms with van der Waals surface area (Å²) in [4.78, 5) is 12.8. The van der Waals surface area contributed by atoms with E-state index in [4.69, 9.17) is 9.47 Å². The van der Waals surface area contributed by atoms with Gasteiger partial charge in [-0.15, -0.1) is 0 Å². The van der Waals surface area contributed by atoms with Crippen LogP contribution in [0.1, 0.15) is 162 Å². The van der Waals surface area contributed by atoms with Gasteiger partial charge in [0.2, 0.25) is 5.91 Å². The van der Waals surface area contributed by atoms with Gasteiger partial charge >= 0.3 is 0 Å². The summed E-state index contributed by atoms with van der Waals surface area (Å²) in [7, 11) is 0. The predicted octanol–water partition coefficient (Wildman–Crippen LogP) is 7.33. The van der Waals surface area contributed by atoms with Gasteiger partial charge in [-0.05, 0) is 51.4 Å². The molecule has 7 unspecified atom stereocenters. The first-order valence-electron chi connectivity index (χ1n) is 20.2. The van der Waals surface area contributed by atoms with Gasteiger partial charge in [0.25, 0.3) is 0 Å². The zero-order chi connectivity index (χ0) is 36.7. The Kier molecular flexibility index (Phi) is 29.8. The number of rotatable bonds is 32. The summed E-state index contributed by atoms with van der Waals surface area (Å²) in [6.07, 6.45) is 30.6. The number of amides is 1. The fraction of sp³-hybridized carbons (Fsp3) is 0.829. The minimum Gasteiger partial charge on any atom is -0.394 e. The summed E-state index contributed by atoms with van der Waals surface area (Å²) < 4.78 is 11.1. The number of aliphatic hydroxyl groups excluding tert-OH is 5. The summed E-state index contributed by atoms with van der Waals surface area (Å²) in [5, 5.41) is 53.8. The molecule has 292 valence electrons. The highest BCUT2D eigenvalue weighted by molar-refractivity contribution is 5.76. The highest BCUT2D eigenvalue weighted by Gasteiger charge is 2.44. The molecule has 9 nitrogen and oxygen atoms in total. The Morgan fingerprint density at radius 1 is 0.660 bits per heavy atom. The maximum absolute atomic E-state index is 12.8. The van der Waals surface area contributed by atoms with Crippen LogP contribution in [0.15, 0.2) is 36.5 Å². The molecule has 1 aliphatic rings. The SMILES string of the molecule is CCCC/C=C/CC/C=C/C(O)C(COC1OC(CO)C(O)C(O)C1O)NC(=O)CCCCCCCCCCC/C=C\CCCCCCCC. The van der Waals surface area contributed by atoms with Crippen LogP contribution in [0.5, 0.6) is 0 Å². The Bertz CT molecular complexity index is 879. The third-order valence-corrected chi connectivity index (χ3v) is 9.44. The van der Waals surface area contributed by atoms with Crippen LogP contribution in [0, 0.1) is 0 Å². The van der Waals surface area contributed by atoms with Crippen LogP contribution in [0.2, 0.25) is 0 Å². The van der Waals surface area contributed by atoms with Gasteiger partial charge in [-0.25, -0.2) is 0 Å². The molecule has 0 spiro atoms. The molecule has 6 N–H and O–H groups in total. The molecule has 7 atom stereocenters. The molecular formula is C41H75NO8. The van der Waals surface area contributed by atoms with Gasteiger partial charge in [-0.3, -0.25) is 4.79 Å². The first-order chi connectivity index (χ1) is 24.3. The number of carbonyl (C=O) groups is 1. The van der Waals surface area contributed by atoms with E-state index in [2.05, 4.69) is 43.5 Å². The fourth-order valence-corrected chi connectivity index (χ4v) is 6.09. The average Bonchev–Trinajstić information content (AvgIpc) is 3.11. The van der Waals surface area contributed by atoms with Crippen molar-refractivity contribution in [3.05, 3.63) is 36.5 Å². The van der Waals surface area contributed by atoms with E-state index in [0.717, 1.165) is 44.9 Å². The largest absolute Gasteiger partial charge is 0.394 e. The summed E-state index contributed by atoms with van der Waals surface area (Å²) >= 11 is 0. The number of nitrogens with one attached hydrogen (secondary N) is 1. The maximum atomic E-state index is 12.8. The molecule has 0 saturated carbocycles. The van der Waals surface area contributed by atoms with Crippen molar-refractivity contribution < 1.29 is 39.8 Å². The van der Waals surface area contributed by atoms with Crippen LogP contribution < -0.4 is 5.32 Å². The third-order valence-electron chi connectivity index (χ3n) is 9.44. The molecule has 0 bridgehead atoms. The van der Waals surface area contributed by atoms with Crippen molar-refractivity contribution in [1.29, 1.82) is 0 Å². The van der Waals surface area contributed by atoms with Crippen molar-refractivity contribution in [3.63, 3.8) is 0 Å². The molecule has 1 amide bonds. The standard InChI is InChI=1S/C41H75NO8/c1-3-5-7-9-11-13-14-15-16-17-18-19-20-21-22-23-25-27-29-31-37(45)42-34(35(44)30-28-26-24-12-10-8-6-4-2)33-49-41-40(48)39(47)38(46)36(32-43)50-41/h10,12,15-16,28,30,34-36,38-41,43-44,46-48H,3-9,11,13-14,17-27,29,31-33H2,1-2H3,(H,42,45)/b12-10+,16-15-,30-28+. The zero-order valence-corrected chi connectivity index (χ0v) is 31.6. The monoisotopic (exact) mass is 710 g/mol. The van der Waals surface area contributed by atoms with Crippen molar-refractivity contribution in [2.24, 2.45) is 0 Å². The van der Waals surface area contributed by atoms with E-state index < -0.39 is 49.5 Å². The molecule has 0 aromatic carbocycles. The lowest BCUT2D eigenvalue weighted by atomic mass is 9.99. The molecule has 0 aromatic rings. The van der Waals surface area contributed by atoms with Gasteiger partial charge in [-0.1, -0.05) is 140 Å². The van der Waals surface area contributed by atoms with Crippen LogP contribution in [0.4, 0.5) is 0 Å². The molecule has 1 saturated heterocycles. The lowest BCUT2D eigenvalue weighted by molar-refractivity contribution is -0.302. The number of aliphatic hydroxyl groups is 5. The number of hydrogen-bond donors (Lipinski definition) is 6. The minimum absolute atomic E-state index is 0.195. The number of ether oxygens (including phenoxy) is 2. The lowest BCUT2D eigenvalue weighted by Crippen LogP contribution is -2.60. The molecule has 1 fully saturated rings. The summed E-state index contributed by atoms with van der Waals surface area (Å²) in [5.41, 5.74) is 0. The number of hydrogen-bond acceptors (Lipinski definition) is 8. The topological polar surface area (TPSA) is 149 Å². The smallest absolute Gasteiger partial charge is 0.220 e. The zero-order valence-electron chi connectivity index (χ0n) is 31.6. The van der Waals surface area contributed by atoms with E-state index in [1.54, 1.807) is 6.08 Å². The summed E-state index contributed by atoms with van der Waals surface area (Å²) in [6.45, 7) is 3.65. The molecule has 1 rings (SSSR count). The van der Waals surface area contributed by atoms with E-state index in [0.29, 0.717) is 6.42 Å². The normalized spacial score (nSPS) is 22.6. The lowest BCUT2D eigenvalue weighted by Gasteiger charge is -2.40. The maximum Gasteiger partial charge on any atom is 0.220 e. The first kappa shape index (κ1) is 46.4. The molecule has 50 heavy (non-hydrogen) atoms. The Labute approximate surface area is 304 Å². The van der Waals surface area contributed by atoms with Gasteiger partial charge in [0.1, 0.15) is 24.4 Å². The number of carbonyl (C=O) groups excluding carboxylic acids is 1. The molecule has 0 radical (unpaired) electrons. The molecular weight excluding hydrogens is 634 g/mol. The third kappa shape index (κ3) is 23.1. The Morgan fingerprint density at radius 2 is 1.16 bits per heavy atom. The molecule has 1 aliphatic heterocycles. The van der Waals surface area contributed by atoms with E-state index in [9.17, 15) is 30.3 Å². The average molecular weight is 710 g/mol. The first-order valence-corrected chi connectivity index (χ1v) is 20.2. The Balaban J connectivity index is 2.34. The van der Waals surface area contributed by atoms with Crippen LogP contribution in [0.25, 0.3) is 0 Å². The summed E-state index contributed by atoms with van der Waals surface area (Å²) in [6, 6.07) is -0.818. The minimum atomic E-state index is -1.57. The van der Waals surface area contributed by atoms with Crippen molar-refractivity contribution in [2.45, 2.75) is 204 Å². The van der Waals surface area contributed by atoms with E-state index in [1.165, 1.54) is 96.3 Å². The van der Waals surface area contributed by atoms with Gasteiger partial charge in [-0.2, -0.15) is 0 Å². The Morgan fingerprint density at radius 3 is 1.74 bits per heavy atom. The van der Waals surface area contributed by atoms with E-state index >= 15 is 0 Å². The van der Waals surface area contributed by atoms with Crippen molar-refractivity contribution in [1.82, 2.24) is 5.32 Å². The predicted molar refractivity (Wildman–Crippen MR) is 203 cm³/mol. The molecule has 1 heterocycles. The Hall–Kier alpha value is -1.59. The highest BCUT2D eigenvalue weighted by atomic mass is 16.7. The van der Waals surface area contributed by atoms with Gasteiger partial charge in [0.15, 0.2) is 6.29 Å².